The van der Waals surface area contributed by atoms with Gasteiger partial charge in [-0.2, -0.15) is 0 Å². The fourth-order valence-corrected chi connectivity index (χ4v) is 2.70. The Kier molecular flexibility index (Phi) is 2.32. The number of carbonyl (C=O) groups is 1. The molecular weight excluding hydrogens is 386 g/mol. The standard InChI is InChI=1S/C6H3N4O2.Ra.H/c11-5(12)4-1-2-7-6-8-3-9-10(4)6;;/h1-2H,(H,11,12);;. The van der Waals surface area contributed by atoms with Gasteiger partial charge in [-0.1, -0.05) is 0 Å². The van der Waals surface area contributed by atoms with E-state index in [9.17, 15) is 4.79 Å². The molecule has 0 saturated carbocycles. The van der Waals surface area contributed by atoms with Gasteiger partial charge in [0.2, 0.25) is 0 Å². The van der Waals surface area contributed by atoms with Crippen molar-refractivity contribution in [1.29, 1.82) is 0 Å². The van der Waals surface area contributed by atoms with Gasteiger partial charge in [0.05, 0.1) is 0 Å². The molecule has 0 saturated heterocycles. The number of aromatic carboxylic acids is 1. The summed E-state index contributed by atoms with van der Waals surface area (Å²) in [5.74, 6) is -0.658. The van der Waals surface area contributed by atoms with Crippen LogP contribution < -0.4 is 0.865 Å². The topological polar surface area (TPSA) is 80.4 Å². The summed E-state index contributed by atoms with van der Waals surface area (Å²) in [6.45, 7) is 0. The zero-order chi connectivity index (χ0) is 9.42. The van der Waals surface area contributed by atoms with Crippen LogP contribution in [0.5, 0.6) is 0 Å². The summed E-state index contributed by atoms with van der Waals surface area (Å²) in [4.78, 5) is 18.7. The van der Waals surface area contributed by atoms with Crippen LogP contribution in [-0.4, -0.2) is 30.7 Å². The van der Waals surface area contributed by atoms with Crippen LogP contribution in [0.1, 0.15) is 10.5 Å². The minimum atomic E-state index is -1.02. The number of rotatable bonds is 1. The molecule has 0 aliphatic rings. The fourth-order valence-electron chi connectivity index (χ4n) is 1.06. The van der Waals surface area contributed by atoms with Crippen LogP contribution in [0.15, 0.2) is 12.3 Å². The van der Waals surface area contributed by atoms with E-state index in [4.69, 9.17) is 5.11 Å². The number of fused-ring (bicyclic) bond motifs is 1. The predicted octanol–water partition coefficient (Wildman–Crippen LogP) is -1.27. The first kappa shape index (κ1) is 9.06. The van der Waals surface area contributed by atoms with E-state index >= 15 is 0 Å². The molecule has 2 aromatic rings. The van der Waals surface area contributed by atoms with Crippen LogP contribution in [0, 0.1) is 42.8 Å². The molecule has 0 amide bonds. The van der Waals surface area contributed by atoms with E-state index < -0.39 is 5.97 Å². The van der Waals surface area contributed by atoms with Crippen molar-refractivity contribution in [1.82, 2.24) is 19.6 Å². The molecule has 0 aliphatic carbocycles. The first-order valence-electron chi connectivity index (χ1n) is 3.60. The summed E-state index contributed by atoms with van der Waals surface area (Å²) in [7, 11) is 0. The van der Waals surface area contributed by atoms with Gasteiger partial charge in [-0.3, -0.25) is 0 Å². The Morgan fingerprint density at radius 1 is 1.62 bits per heavy atom. The third kappa shape index (κ3) is 1.59. The van der Waals surface area contributed by atoms with E-state index in [1.807, 2.05) is 0 Å². The SMILES string of the molecule is O=C(O)c1ccnc2n[c]([RaH])nn12. The van der Waals surface area contributed by atoms with E-state index in [0.29, 0.717) is 5.78 Å². The average Bonchev–Trinajstić information content (AvgIpc) is 2.43. The summed E-state index contributed by atoms with van der Waals surface area (Å²) in [5, 5.41) is 12.8. The van der Waals surface area contributed by atoms with Gasteiger partial charge in [0.25, 0.3) is 0 Å². The van der Waals surface area contributed by atoms with Gasteiger partial charge in [-0.25, -0.2) is 0 Å². The van der Waals surface area contributed by atoms with Gasteiger partial charge in [0.1, 0.15) is 0 Å². The molecule has 0 aromatic carbocycles. The van der Waals surface area contributed by atoms with E-state index in [-0.39, 0.29) is 48.5 Å². The van der Waals surface area contributed by atoms with Gasteiger partial charge in [-0.15, -0.1) is 0 Å². The Bertz CT molecular complexity index is 480. The van der Waals surface area contributed by atoms with Crippen LogP contribution in [0.3, 0.4) is 0 Å². The van der Waals surface area contributed by atoms with Crippen LogP contribution in [0.25, 0.3) is 5.78 Å². The molecule has 62 valence electrons. The van der Waals surface area contributed by atoms with Crippen molar-refractivity contribution in [2.24, 2.45) is 0 Å². The summed E-state index contributed by atoms with van der Waals surface area (Å²) in [6, 6.07) is 1.40. The predicted molar refractivity (Wildman–Crippen MR) is 38.8 cm³/mol. The molecule has 2 heterocycles. The summed E-state index contributed by atoms with van der Waals surface area (Å²) < 4.78 is 1.99. The number of hydrogen-bond acceptors (Lipinski definition) is 4. The molecule has 0 bridgehead atoms. The first-order valence-corrected chi connectivity index (χ1v) is 7.71. The molecule has 7 heteroatoms. The van der Waals surface area contributed by atoms with E-state index in [0.717, 1.165) is 0.865 Å². The molecule has 0 atom stereocenters. The molecular formula is C6H4N4O2Ra. The van der Waals surface area contributed by atoms with Crippen molar-refractivity contribution in [2.45, 2.75) is 0 Å². The Morgan fingerprint density at radius 3 is 3.08 bits per heavy atom. The van der Waals surface area contributed by atoms with Gasteiger partial charge in [0.15, 0.2) is 0 Å². The van der Waals surface area contributed by atoms with E-state index in [1.54, 1.807) is 0 Å². The van der Waals surface area contributed by atoms with E-state index in [2.05, 4.69) is 15.1 Å². The van der Waals surface area contributed by atoms with Crippen molar-refractivity contribution in [3.8, 4) is 0 Å². The minimum absolute atomic E-state index is 0.0265. The van der Waals surface area contributed by atoms with Crippen molar-refractivity contribution >= 4 is 12.6 Å². The zero-order valence-electron chi connectivity index (χ0n) is 6.80. The second-order valence-corrected chi connectivity index (χ2v) is 6.18. The molecule has 6 nitrogen and oxygen atoms in total. The van der Waals surface area contributed by atoms with Gasteiger partial charge in [0, 0.05) is 0 Å². The normalized spacial score (nSPS) is 10.4. The quantitative estimate of drug-likeness (QED) is 0.657. The Morgan fingerprint density at radius 2 is 2.38 bits per heavy atom. The summed E-state index contributed by atoms with van der Waals surface area (Å²) >= 11 is 0.0265. The number of carboxylic acid groups (broad SMARTS) is 1. The number of hydrogen-bond donors (Lipinski definition) is 1. The van der Waals surface area contributed by atoms with Crippen LogP contribution >= 0.6 is 0 Å². The third-order valence-electron chi connectivity index (χ3n) is 1.57. The second-order valence-electron chi connectivity index (χ2n) is 2.51. The van der Waals surface area contributed by atoms with Gasteiger partial charge < -0.3 is 0 Å². The van der Waals surface area contributed by atoms with Gasteiger partial charge >= 0.3 is 103 Å². The Labute approximate surface area is 102 Å². The summed E-state index contributed by atoms with van der Waals surface area (Å²) in [6.07, 6.45) is 1.42. The molecule has 0 spiro atoms. The first-order chi connectivity index (χ1) is 6.18. The molecule has 0 fully saturated rings. The Balaban J connectivity index is 2.82. The second kappa shape index (κ2) is 3.33. The van der Waals surface area contributed by atoms with Crippen molar-refractivity contribution in [3.05, 3.63) is 18.0 Å². The monoisotopic (exact) mass is 390 g/mol. The number of carboxylic acids is 1. The fraction of sp³-hybridized carbons (Fsp3) is 0. The van der Waals surface area contributed by atoms with Crippen molar-refractivity contribution < 1.29 is 52.7 Å². The molecule has 2 rings (SSSR count). The van der Waals surface area contributed by atoms with Crippen molar-refractivity contribution in [2.75, 3.05) is 0 Å². The zero-order valence-corrected chi connectivity index (χ0v) is 15.0. The summed E-state index contributed by atoms with van der Waals surface area (Å²) in [5.41, 5.74) is 0.0975. The number of nitrogens with zero attached hydrogens (tertiary/aromatic N) is 4. The molecule has 0 radical (unpaired) electrons. The molecule has 13 heavy (non-hydrogen) atoms. The van der Waals surface area contributed by atoms with Crippen molar-refractivity contribution in [3.63, 3.8) is 0 Å². The van der Waals surface area contributed by atoms with Crippen LogP contribution in [0.2, 0.25) is 0 Å². The van der Waals surface area contributed by atoms with Gasteiger partial charge in [-0.05, 0) is 0 Å². The van der Waals surface area contributed by atoms with Crippen LogP contribution in [-0.2, 0) is 0 Å². The van der Waals surface area contributed by atoms with E-state index in [1.165, 1.54) is 16.8 Å². The molecule has 0 aliphatic heterocycles. The van der Waals surface area contributed by atoms with Crippen LogP contribution in [0.4, 0.5) is 0 Å². The third-order valence-corrected chi connectivity index (χ3v) is 3.31. The maximum atomic E-state index is 10.7. The molecule has 1 N–H and O–H groups in total. The molecule has 2 aromatic heterocycles. The maximum absolute atomic E-state index is 10.7. The Hall–Kier alpha value is -0.512. The molecule has 0 unspecified atom stereocenters. The average molecular weight is 390 g/mol. The number of aromatic nitrogens is 4.